The summed E-state index contributed by atoms with van der Waals surface area (Å²) < 4.78 is 149. The lowest BCUT2D eigenvalue weighted by molar-refractivity contribution is -0.159. The van der Waals surface area contributed by atoms with Crippen LogP contribution in [0.5, 0.6) is 0 Å². The van der Waals surface area contributed by atoms with Crippen LogP contribution in [0.2, 0.25) is 0 Å². The van der Waals surface area contributed by atoms with Crippen molar-refractivity contribution in [2.75, 3.05) is 0 Å². The fraction of sp³-hybridized carbons (Fsp3) is 0.500. The molecule has 0 aromatic rings. The topological polar surface area (TPSA) is 0 Å². The molecule has 0 aromatic heterocycles. The minimum absolute atomic E-state index is 4.00. The summed E-state index contributed by atoms with van der Waals surface area (Å²) in [5, 5.41) is 0. The highest BCUT2D eigenvalue weighted by molar-refractivity contribution is 5.47. The van der Waals surface area contributed by atoms with E-state index < -0.39 is 47.0 Å². The zero-order chi connectivity index (χ0) is 16.3. The minimum atomic E-state index is -6.49. The second kappa shape index (κ2) is 4.07. The van der Waals surface area contributed by atoms with Gasteiger partial charge in [0.05, 0.1) is 0 Å². The van der Waals surface area contributed by atoms with Crippen molar-refractivity contribution in [1.82, 2.24) is 0 Å². The van der Waals surface area contributed by atoms with Crippen LogP contribution in [0.25, 0.3) is 0 Å². The predicted molar refractivity (Wildman–Crippen MR) is 38.3 cm³/mol. The molecule has 116 valence electrons. The van der Waals surface area contributed by atoms with Crippen LogP contribution in [0.4, 0.5) is 52.7 Å². The molecule has 1 rings (SSSR count). The van der Waals surface area contributed by atoms with Crippen LogP contribution >= 0.6 is 0 Å². The Balaban J connectivity index is 3.77. The molecule has 0 spiro atoms. The average Bonchev–Trinajstić information content (AvgIpc) is 2.09. The molecule has 0 saturated carbocycles. The van der Waals surface area contributed by atoms with Crippen molar-refractivity contribution < 1.29 is 52.7 Å². The van der Waals surface area contributed by atoms with E-state index in [1.54, 1.807) is 0 Å². The van der Waals surface area contributed by atoms with Gasteiger partial charge in [0, 0.05) is 0 Å². The normalized spacial score (nSPS) is 23.4. The fourth-order valence-electron chi connectivity index (χ4n) is 1.41. The van der Waals surface area contributed by atoms with Gasteiger partial charge in [-0.15, -0.1) is 0 Å². The minimum Gasteiger partial charge on any atom is -0.204 e. The molecule has 0 N–H and O–H groups in total. The summed E-state index contributed by atoms with van der Waals surface area (Å²) >= 11 is 0. The van der Waals surface area contributed by atoms with Gasteiger partial charge in [-0.3, -0.25) is 0 Å². The highest BCUT2D eigenvalue weighted by Gasteiger charge is 2.70. The molecule has 0 aliphatic heterocycles. The Morgan fingerprint density at radius 1 is 0.550 bits per heavy atom. The van der Waals surface area contributed by atoms with Gasteiger partial charge in [-0.1, -0.05) is 0 Å². The van der Waals surface area contributed by atoms with Gasteiger partial charge in [-0.05, 0) is 0 Å². The highest BCUT2D eigenvalue weighted by atomic mass is 19.4. The molecule has 20 heavy (non-hydrogen) atoms. The Morgan fingerprint density at radius 2 is 0.750 bits per heavy atom. The van der Waals surface area contributed by atoms with Gasteiger partial charge in [0.15, 0.2) is 11.7 Å². The van der Waals surface area contributed by atoms with E-state index in [4.69, 9.17) is 0 Å². The molecule has 0 unspecified atom stereocenters. The van der Waals surface area contributed by atoms with Gasteiger partial charge in [-0.2, -0.15) is 43.9 Å². The van der Waals surface area contributed by atoms with E-state index in [2.05, 4.69) is 0 Å². The second-order valence-corrected chi connectivity index (χ2v) is 3.52. The van der Waals surface area contributed by atoms with Gasteiger partial charge in [0.25, 0.3) is 0 Å². The third-order valence-corrected chi connectivity index (χ3v) is 2.19. The predicted octanol–water partition coefficient (Wildman–Crippen LogP) is 4.84. The molecule has 0 nitrogen and oxygen atoms in total. The number of allylic oxidation sites excluding steroid dienone is 4. The van der Waals surface area contributed by atoms with E-state index >= 15 is 0 Å². The Kier molecular flexibility index (Phi) is 3.40. The summed E-state index contributed by atoms with van der Waals surface area (Å²) in [6, 6.07) is 0. The Hall–Kier alpha value is -1.36. The Labute approximate surface area is 101 Å². The molecular weight excluding hydrogens is 324 g/mol. The SMILES string of the molecule is FC1=C(C(F)(F)F)C(F)(F)C(F)=C(C(F)(F)F)C1(F)F. The third kappa shape index (κ3) is 2.24. The summed E-state index contributed by atoms with van der Waals surface area (Å²) in [7, 11) is 0. The number of hydrogen-bond donors (Lipinski definition) is 0. The first-order valence-electron chi connectivity index (χ1n) is 4.27. The summed E-state index contributed by atoms with van der Waals surface area (Å²) in [6.07, 6.45) is -13.0. The molecule has 1 aliphatic rings. The van der Waals surface area contributed by atoms with Gasteiger partial charge in [0.1, 0.15) is 11.1 Å². The number of hydrogen-bond acceptors (Lipinski definition) is 0. The molecule has 1 aliphatic carbocycles. The van der Waals surface area contributed by atoms with Gasteiger partial charge in [-0.25, -0.2) is 8.78 Å². The summed E-state index contributed by atoms with van der Waals surface area (Å²) in [5.74, 6) is -20.6. The van der Waals surface area contributed by atoms with Crippen LogP contribution in [0, 0.1) is 0 Å². The molecule has 0 radical (unpaired) electrons. The molecule has 0 heterocycles. The van der Waals surface area contributed by atoms with E-state index in [1.807, 2.05) is 0 Å². The molecule has 0 bridgehead atoms. The lowest BCUT2D eigenvalue weighted by Gasteiger charge is -2.32. The van der Waals surface area contributed by atoms with E-state index in [0.29, 0.717) is 0 Å². The molecule has 0 fully saturated rings. The first kappa shape index (κ1) is 16.7. The van der Waals surface area contributed by atoms with Crippen LogP contribution in [-0.2, 0) is 0 Å². The van der Waals surface area contributed by atoms with Crippen molar-refractivity contribution in [1.29, 1.82) is 0 Å². The van der Waals surface area contributed by atoms with E-state index in [-0.39, 0.29) is 0 Å². The monoisotopic (exact) mass is 324 g/mol. The van der Waals surface area contributed by atoms with Gasteiger partial charge >= 0.3 is 24.2 Å². The van der Waals surface area contributed by atoms with E-state index in [9.17, 15) is 52.7 Å². The van der Waals surface area contributed by atoms with Crippen LogP contribution in [0.1, 0.15) is 0 Å². The maximum atomic E-state index is 12.8. The summed E-state index contributed by atoms with van der Waals surface area (Å²) in [5.41, 5.74) is -8.00. The number of halogens is 12. The zero-order valence-electron chi connectivity index (χ0n) is 8.54. The quantitative estimate of drug-likeness (QED) is 0.559. The molecule has 0 aromatic carbocycles. The third-order valence-electron chi connectivity index (χ3n) is 2.19. The largest absolute Gasteiger partial charge is 0.421 e. The standard InChI is InChI=1S/C8F12/c9-3-1(7(15,16)17)5(11,12)4(10)2(6(3,13)14)8(18,19)20. The Morgan fingerprint density at radius 3 is 0.900 bits per heavy atom. The van der Waals surface area contributed by atoms with Crippen LogP contribution in [0.3, 0.4) is 0 Å². The lowest BCUT2D eigenvalue weighted by Crippen LogP contribution is -2.45. The van der Waals surface area contributed by atoms with Crippen LogP contribution in [-0.4, -0.2) is 24.2 Å². The maximum absolute atomic E-state index is 12.8. The molecule has 12 heteroatoms. The molecule has 0 atom stereocenters. The molecule has 0 amide bonds. The van der Waals surface area contributed by atoms with E-state index in [1.165, 1.54) is 0 Å². The van der Waals surface area contributed by atoms with Crippen molar-refractivity contribution in [2.45, 2.75) is 24.2 Å². The average molecular weight is 324 g/mol. The van der Waals surface area contributed by atoms with Crippen molar-refractivity contribution in [3.63, 3.8) is 0 Å². The number of alkyl halides is 10. The van der Waals surface area contributed by atoms with E-state index in [0.717, 1.165) is 0 Å². The van der Waals surface area contributed by atoms with Crippen molar-refractivity contribution in [3.8, 4) is 0 Å². The Bertz CT molecular complexity index is 439. The number of rotatable bonds is 0. The van der Waals surface area contributed by atoms with Crippen molar-refractivity contribution in [2.24, 2.45) is 0 Å². The van der Waals surface area contributed by atoms with Crippen molar-refractivity contribution >= 4 is 0 Å². The first-order valence-corrected chi connectivity index (χ1v) is 4.27. The van der Waals surface area contributed by atoms with Crippen molar-refractivity contribution in [3.05, 3.63) is 22.8 Å². The molecule has 0 saturated heterocycles. The second-order valence-electron chi connectivity index (χ2n) is 3.52. The van der Waals surface area contributed by atoms with Crippen LogP contribution < -0.4 is 0 Å². The maximum Gasteiger partial charge on any atom is 0.421 e. The van der Waals surface area contributed by atoms with Gasteiger partial charge < -0.3 is 0 Å². The lowest BCUT2D eigenvalue weighted by atomic mass is 9.90. The van der Waals surface area contributed by atoms with Gasteiger partial charge in [0.2, 0.25) is 0 Å². The smallest absolute Gasteiger partial charge is 0.204 e. The summed E-state index contributed by atoms with van der Waals surface area (Å²) in [6.45, 7) is 0. The fourth-order valence-corrected chi connectivity index (χ4v) is 1.41. The summed E-state index contributed by atoms with van der Waals surface area (Å²) in [4.78, 5) is 0. The van der Waals surface area contributed by atoms with Crippen LogP contribution in [0.15, 0.2) is 22.8 Å². The zero-order valence-corrected chi connectivity index (χ0v) is 8.54. The highest BCUT2D eigenvalue weighted by Crippen LogP contribution is 2.57. The first-order chi connectivity index (χ1) is 8.55. The molecular formula is C8F12.